The first-order valence-corrected chi connectivity index (χ1v) is 0.775. The molecular formula is H7BKNO3. The van der Waals surface area contributed by atoms with E-state index in [9.17, 15) is 0 Å². The van der Waals surface area contributed by atoms with Crippen LogP contribution in [0.5, 0.6) is 0 Å². The molecule has 6 heteroatoms. The molecule has 0 radical (unpaired) electrons. The fraction of sp³-hybridized carbons (Fsp3) is 0. The molecule has 0 aromatic rings. The Morgan fingerprint density at radius 3 is 1.17 bits per heavy atom. The van der Waals surface area contributed by atoms with Crippen LogP contribution in [0.1, 0.15) is 1.43 Å². The fourth-order valence-electron chi connectivity index (χ4n) is 0. The molecule has 0 bridgehead atoms. The minimum absolute atomic E-state index is 0. The third kappa shape index (κ3) is 48.1. The summed E-state index contributed by atoms with van der Waals surface area (Å²) in [6.07, 6.45) is 0. The van der Waals surface area contributed by atoms with Gasteiger partial charge in [-0.25, -0.2) is 0 Å². The molecule has 0 saturated carbocycles. The van der Waals surface area contributed by atoms with Crippen molar-refractivity contribution in [3.63, 3.8) is 0 Å². The van der Waals surface area contributed by atoms with Crippen molar-refractivity contribution in [3.05, 3.63) is 0 Å². The molecule has 34 valence electrons. The molecule has 0 amide bonds. The maximum absolute atomic E-state index is 7.17. The van der Waals surface area contributed by atoms with Crippen LogP contribution in [0, 0.1) is 0 Å². The maximum Gasteiger partial charge on any atom is 1.00 e. The molecule has 0 aliphatic heterocycles. The number of rotatable bonds is 0. The van der Waals surface area contributed by atoms with Crippen LogP contribution in [0.25, 0.3) is 0 Å². The Morgan fingerprint density at radius 2 is 1.17 bits per heavy atom. The predicted octanol–water partition coefficient (Wildman–Crippen LogP) is -4.77. The molecule has 0 unspecified atom stereocenters. The molecule has 4 nitrogen and oxygen atoms in total. The van der Waals surface area contributed by atoms with Crippen molar-refractivity contribution >= 4 is 7.32 Å². The van der Waals surface area contributed by atoms with Crippen molar-refractivity contribution in [2.45, 2.75) is 0 Å². The van der Waals surface area contributed by atoms with Gasteiger partial charge >= 0.3 is 58.7 Å². The van der Waals surface area contributed by atoms with E-state index in [0.29, 0.717) is 0 Å². The fourth-order valence-corrected chi connectivity index (χ4v) is 0. The SMILES string of the molecule is N.OB(O)O.[H-].[K+]. The van der Waals surface area contributed by atoms with Crippen molar-refractivity contribution in [1.29, 1.82) is 0 Å². The molecule has 0 aromatic heterocycles. The normalized spacial score (nSPS) is 4.50. The van der Waals surface area contributed by atoms with Gasteiger partial charge in [-0.2, -0.15) is 0 Å². The zero-order valence-corrected chi connectivity index (χ0v) is 6.75. The second-order valence-corrected chi connectivity index (χ2v) is 0.346. The maximum atomic E-state index is 7.17. The van der Waals surface area contributed by atoms with Gasteiger partial charge in [-0.15, -0.1) is 0 Å². The van der Waals surface area contributed by atoms with Gasteiger partial charge in [-0.1, -0.05) is 0 Å². The number of hydrogen-bond acceptors (Lipinski definition) is 4. The Balaban J connectivity index is -0.0000000150. The van der Waals surface area contributed by atoms with Gasteiger partial charge in [-0.3, -0.25) is 0 Å². The van der Waals surface area contributed by atoms with E-state index >= 15 is 0 Å². The van der Waals surface area contributed by atoms with Gasteiger partial charge in [0.15, 0.2) is 0 Å². The molecule has 0 spiro atoms. The van der Waals surface area contributed by atoms with Gasteiger partial charge in [0.2, 0.25) is 0 Å². The van der Waals surface area contributed by atoms with Gasteiger partial charge in [0.05, 0.1) is 0 Å². The summed E-state index contributed by atoms with van der Waals surface area (Å²) >= 11 is 0. The van der Waals surface area contributed by atoms with Crippen LogP contribution >= 0.6 is 0 Å². The van der Waals surface area contributed by atoms with E-state index in [2.05, 4.69) is 0 Å². The van der Waals surface area contributed by atoms with Gasteiger partial charge in [-0.05, 0) is 0 Å². The summed E-state index contributed by atoms with van der Waals surface area (Å²) in [5.74, 6) is 0. The predicted molar refractivity (Wildman–Crippen MR) is 18.5 cm³/mol. The van der Waals surface area contributed by atoms with Crippen molar-refractivity contribution in [3.8, 4) is 0 Å². The average molecular weight is 119 g/mol. The molecule has 6 N–H and O–H groups in total. The van der Waals surface area contributed by atoms with Crippen LogP contribution in [0.15, 0.2) is 0 Å². The van der Waals surface area contributed by atoms with E-state index in [1.165, 1.54) is 0 Å². The van der Waals surface area contributed by atoms with Gasteiger partial charge in [0.1, 0.15) is 0 Å². The van der Waals surface area contributed by atoms with Gasteiger partial charge < -0.3 is 22.6 Å². The second-order valence-electron chi connectivity index (χ2n) is 0.346. The van der Waals surface area contributed by atoms with Crippen LogP contribution in [-0.2, 0) is 0 Å². The van der Waals surface area contributed by atoms with Crippen molar-refractivity contribution in [2.24, 2.45) is 0 Å². The monoisotopic (exact) mass is 119 g/mol. The summed E-state index contributed by atoms with van der Waals surface area (Å²) in [4.78, 5) is 0. The summed E-state index contributed by atoms with van der Waals surface area (Å²) < 4.78 is 0. The standard InChI is InChI=1S/BH3O3.K.H3N.H/c2-1(3)4;;;/h2-4H;;1H3;/q;+1;;-1. The van der Waals surface area contributed by atoms with Crippen LogP contribution in [0.4, 0.5) is 0 Å². The molecule has 0 rings (SSSR count). The zero-order valence-electron chi connectivity index (χ0n) is 4.63. The molecule has 0 aliphatic rings. The van der Waals surface area contributed by atoms with E-state index in [4.69, 9.17) is 15.1 Å². The Morgan fingerprint density at radius 1 is 1.17 bits per heavy atom. The van der Waals surface area contributed by atoms with Crippen LogP contribution in [-0.4, -0.2) is 22.4 Å². The summed E-state index contributed by atoms with van der Waals surface area (Å²) in [5.41, 5.74) is 0. The molecule has 0 aromatic carbocycles. The van der Waals surface area contributed by atoms with E-state index in [1.807, 2.05) is 0 Å². The molecule has 6 heavy (non-hydrogen) atoms. The minimum Gasteiger partial charge on any atom is -1.00 e. The quantitative estimate of drug-likeness (QED) is 0.241. The van der Waals surface area contributed by atoms with E-state index in [1.54, 1.807) is 0 Å². The molecule has 0 aliphatic carbocycles. The van der Waals surface area contributed by atoms with E-state index in [0.717, 1.165) is 0 Å². The third-order valence-corrected chi connectivity index (χ3v) is 0. The van der Waals surface area contributed by atoms with Gasteiger partial charge in [0.25, 0.3) is 0 Å². The van der Waals surface area contributed by atoms with Gasteiger partial charge in [0, 0.05) is 0 Å². The first kappa shape index (κ1) is 15.6. The Bertz CT molecular complexity index is 19.7. The van der Waals surface area contributed by atoms with E-state index < -0.39 is 7.32 Å². The molecule has 0 saturated heterocycles. The first-order chi connectivity index (χ1) is 1.73. The second kappa shape index (κ2) is 9.74. The summed E-state index contributed by atoms with van der Waals surface area (Å²) in [6.45, 7) is 0. The van der Waals surface area contributed by atoms with Crippen molar-refractivity contribution in [1.82, 2.24) is 6.15 Å². The molecular weight excluding hydrogens is 112 g/mol. The zero-order chi connectivity index (χ0) is 3.58. The van der Waals surface area contributed by atoms with Crippen LogP contribution in [0.3, 0.4) is 0 Å². The van der Waals surface area contributed by atoms with E-state index in [-0.39, 0.29) is 59.0 Å². The Hall–Kier alpha value is 1.54. The third-order valence-electron chi connectivity index (χ3n) is 0. The molecule has 0 fully saturated rings. The van der Waals surface area contributed by atoms with Crippen molar-refractivity contribution < 1.29 is 67.9 Å². The summed E-state index contributed by atoms with van der Waals surface area (Å²) in [7, 11) is -2.17. The summed E-state index contributed by atoms with van der Waals surface area (Å²) in [5, 5.41) is 21.5. The first-order valence-electron chi connectivity index (χ1n) is 0.775. The Labute approximate surface area is 80.2 Å². The minimum atomic E-state index is -2.17. The molecule has 0 heterocycles. The summed E-state index contributed by atoms with van der Waals surface area (Å²) in [6, 6.07) is 0. The average Bonchev–Trinajstić information content (AvgIpc) is 0.811. The van der Waals surface area contributed by atoms with Crippen LogP contribution in [0.2, 0.25) is 0 Å². The largest absolute Gasteiger partial charge is 1.00 e. The molecule has 0 atom stereocenters. The Kier molecular flexibility index (Phi) is 25.4. The smallest absolute Gasteiger partial charge is 1.00 e. The number of hydrogen-bond donors (Lipinski definition) is 4. The topological polar surface area (TPSA) is 95.7 Å². The van der Waals surface area contributed by atoms with Crippen molar-refractivity contribution in [2.75, 3.05) is 0 Å². The van der Waals surface area contributed by atoms with Crippen LogP contribution < -0.4 is 57.5 Å².